The Hall–Kier alpha value is -0.0800. The maximum absolute atomic E-state index is 3.69. The van der Waals surface area contributed by atoms with E-state index < -0.39 is 0 Å². The molecule has 2 aliphatic rings. The summed E-state index contributed by atoms with van der Waals surface area (Å²) in [5, 5.41) is 3.69. The first-order valence-corrected chi connectivity index (χ1v) is 8.09. The van der Waals surface area contributed by atoms with Crippen molar-refractivity contribution in [2.75, 3.05) is 32.7 Å². The molecule has 1 saturated heterocycles. The minimum Gasteiger partial charge on any atom is -0.315 e. The topological polar surface area (TPSA) is 15.3 Å². The highest BCUT2D eigenvalue weighted by Gasteiger charge is 2.25. The fourth-order valence-electron chi connectivity index (χ4n) is 3.67. The highest BCUT2D eigenvalue weighted by atomic mass is 15.1. The zero-order chi connectivity index (χ0) is 12.8. The van der Waals surface area contributed by atoms with Gasteiger partial charge in [-0.3, -0.25) is 0 Å². The molecule has 0 unspecified atom stereocenters. The van der Waals surface area contributed by atoms with E-state index in [1.165, 1.54) is 77.7 Å². The van der Waals surface area contributed by atoms with Crippen LogP contribution in [0.15, 0.2) is 0 Å². The van der Waals surface area contributed by atoms with E-state index in [-0.39, 0.29) is 0 Å². The number of nitrogens with zero attached hydrogens (tertiary/aromatic N) is 1. The Bertz CT molecular complexity index is 231. The summed E-state index contributed by atoms with van der Waals surface area (Å²) in [6.07, 6.45) is 10.1. The van der Waals surface area contributed by atoms with Crippen LogP contribution in [0, 0.1) is 11.3 Å². The maximum atomic E-state index is 3.69. The summed E-state index contributed by atoms with van der Waals surface area (Å²) in [4.78, 5) is 2.65. The van der Waals surface area contributed by atoms with Crippen molar-refractivity contribution in [1.29, 1.82) is 0 Å². The molecule has 18 heavy (non-hydrogen) atoms. The van der Waals surface area contributed by atoms with Gasteiger partial charge in [0.25, 0.3) is 0 Å². The van der Waals surface area contributed by atoms with Gasteiger partial charge in [-0.05, 0) is 50.1 Å². The Morgan fingerprint density at radius 2 is 1.89 bits per heavy atom. The summed E-state index contributed by atoms with van der Waals surface area (Å²) in [5.74, 6) is 0.969. The SMILES string of the molecule is CC1(C)CCCN(CCNCC2CCCCC2)C1. The van der Waals surface area contributed by atoms with Gasteiger partial charge in [-0.25, -0.2) is 0 Å². The van der Waals surface area contributed by atoms with E-state index in [1.54, 1.807) is 0 Å². The van der Waals surface area contributed by atoms with Crippen molar-refractivity contribution in [3.05, 3.63) is 0 Å². The average molecular weight is 252 g/mol. The summed E-state index contributed by atoms with van der Waals surface area (Å²) in [6, 6.07) is 0. The summed E-state index contributed by atoms with van der Waals surface area (Å²) in [7, 11) is 0. The van der Waals surface area contributed by atoms with E-state index in [0.717, 1.165) is 5.92 Å². The second-order valence-electron chi connectivity index (χ2n) is 7.25. The van der Waals surface area contributed by atoms with Gasteiger partial charge in [0.1, 0.15) is 0 Å². The predicted molar refractivity (Wildman–Crippen MR) is 78.9 cm³/mol. The van der Waals surface area contributed by atoms with Crippen LogP contribution in [0.25, 0.3) is 0 Å². The van der Waals surface area contributed by atoms with Crippen molar-refractivity contribution in [3.8, 4) is 0 Å². The van der Waals surface area contributed by atoms with E-state index in [1.807, 2.05) is 0 Å². The summed E-state index contributed by atoms with van der Waals surface area (Å²) in [5.41, 5.74) is 0.543. The first-order valence-electron chi connectivity index (χ1n) is 8.09. The zero-order valence-electron chi connectivity index (χ0n) is 12.5. The first kappa shape index (κ1) is 14.3. The molecule has 0 aromatic carbocycles. The van der Waals surface area contributed by atoms with Gasteiger partial charge in [0.15, 0.2) is 0 Å². The maximum Gasteiger partial charge on any atom is 0.0107 e. The molecule has 0 atom stereocenters. The van der Waals surface area contributed by atoms with Crippen molar-refractivity contribution in [2.24, 2.45) is 11.3 Å². The van der Waals surface area contributed by atoms with E-state index in [2.05, 4.69) is 24.1 Å². The smallest absolute Gasteiger partial charge is 0.0107 e. The van der Waals surface area contributed by atoms with Gasteiger partial charge in [0.2, 0.25) is 0 Å². The molecular formula is C16H32N2. The molecule has 0 amide bonds. The van der Waals surface area contributed by atoms with Crippen LogP contribution < -0.4 is 5.32 Å². The van der Waals surface area contributed by atoms with Gasteiger partial charge in [-0.1, -0.05) is 33.1 Å². The van der Waals surface area contributed by atoms with Crippen LogP contribution >= 0.6 is 0 Å². The third kappa shape index (κ3) is 4.89. The molecule has 0 aromatic heterocycles. The Morgan fingerprint density at radius 1 is 1.11 bits per heavy atom. The molecule has 1 aliphatic heterocycles. The molecule has 0 aromatic rings. The molecular weight excluding hydrogens is 220 g/mol. The lowest BCUT2D eigenvalue weighted by molar-refractivity contribution is 0.118. The Kier molecular flexibility index (Phi) is 5.50. The lowest BCUT2D eigenvalue weighted by Crippen LogP contribution is -2.43. The lowest BCUT2D eigenvalue weighted by Gasteiger charge is -2.38. The molecule has 0 bridgehead atoms. The average Bonchev–Trinajstić information content (AvgIpc) is 2.35. The number of piperidine rings is 1. The molecule has 1 aliphatic carbocycles. The van der Waals surface area contributed by atoms with Crippen molar-refractivity contribution >= 4 is 0 Å². The second-order valence-corrected chi connectivity index (χ2v) is 7.25. The molecule has 2 heteroatoms. The number of hydrogen-bond acceptors (Lipinski definition) is 2. The van der Waals surface area contributed by atoms with E-state index in [4.69, 9.17) is 0 Å². The standard InChI is InChI=1S/C16H32N2/c1-16(2)9-6-11-18(14-16)12-10-17-13-15-7-4-3-5-8-15/h15,17H,3-14H2,1-2H3. The Balaban J connectivity index is 1.54. The third-order valence-corrected chi connectivity index (χ3v) is 4.74. The van der Waals surface area contributed by atoms with Crippen LogP contribution in [-0.4, -0.2) is 37.6 Å². The first-order chi connectivity index (χ1) is 8.66. The van der Waals surface area contributed by atoms with Crippen LogP contribution in [0.3, 0.4) is 0 Å². The molecule has 1 N–H and O–H groups in total. The summed E-state index contributed by atoms with van der Waals surface area (Å²) < 4.78 is 0. The minimum absolute atomic E-state index is 0.543. The molecule has 0 spiro atoms. The molecule has 0 radical (unpaired) electrons. The molecule has 1 heterocycles. The normalized spacial score (nSPS) is 26.3. The number of likely N-dealkylation sites (tertiary alicyclic amines) is 1. The predicted octanol–water partition coefficient (Wildman–Crippen LogP) is 3.28. The van der Waals surface area contributed by atoms with Crippen LogP contribution in [0.5, 0.6) is 0 Å². The molecule has 1 saturated carbocycles. The number of hydrogen-bond donors (Lipinski definition) is 1. The van der Waals surface area contributed by atoms with E-state index >= 15 is 0 Å². The summed E-state index contributed by atoms with van der Waals surface area (Å²) >= 11 is 0. The van der Waals surface area contributed by atoms with Gasteiger partial charge < -0.3 is 10.2 Å². The third-order valence-electron chi connectivity index (χ3n) is 4.74. The van der Waals surface area contributed by atoms with Gasteiger partial charge in [0.05, 0.1) is 0 Å². The Labute approximate surface area is 114 Å². The van der Waals surface area contributed by atoms with Gasteiger partial charge in [-0.2, -0.15) is 0 Å². The highest BCUT2D eigenvalue weighted by molar-refractivity contribution is 4.80. The van der Waals surface area contributed by atoms with Gasteiger partial charge in [-0.15, -0.1) is 0 Å². The highest BCUT2D eigenvalue weighted by Crippen LogP contribution is 2.28. The van der Waals surface area contributed by atoms with Gasteiger partial charge in [0, 0.05) is 19.6 Å². The van der Waals surface area contributed by atoms with Crippen LogP contribution in [0.1, 0.15) is 58.8 Å². The molecule has 106 valence electrons. The fraction of sp³-hybridized carbons (Fsp3) is 1.00. The largest absolute Gasteiger partial charge is 0.315 e. The second kappa shape index (κ2) is 6.91. The monoisotopic (exact) mass is 252 g/mol. The molecule has 2 nitrogen and oxygen atoms in total. The van der Waals surface area contributed by atoms with Gasteiger partial charge >= 0.3 is 0 Å². The number of rotatable bonds is 5. The number of nitrogens with one attached hydrogen (secondary N) is 1. The van der Waals surface area contributed by atoms with Crippen molar-refractivity contribution < 1.29 is 0 Å². The fourth-order valence-corrected chi connectivity index (χ4v) is 3.67. The van der Waals surface area contributed by atoms with E-state index in [0.29, 0.717) is 5.41 Å². The van der Waals surface area contributed by atoms with Crippen LogP contribution in [0.4, 0.5) is 0 Å². The molecule has 2 fully saturated rings. The van der Waals surface area contributed by atoms with E-state index in [9.17, 15) is 0 Å². The zero-order valence-corrected chi connectivity index (χ0v) is 12.5. The summed E-state index contributed by atoms with van der Waals surface area (Å²) in [6.45, 7) is 11.1. The van der Waals surface area contributed by atoms with Crippen LogP contribution in [-0.2, 0) is 0 Å². The van der Waals surface area contributed by atoms with Crippen molar-refractivity contribution in [2.45, 2.75) is 58.8 Å². The lowest BCUT2D eigenvalue weighted by atomic mass is 9.84. The quantitative estimate of drug-likeness (QED) is 0.755. The van der Waals surface area contributed by atoms with Crippen LogP contribution in [0.2, 0.25) is 0 Å². The van der Waals surface area contributed by atoms with Crippen molar-refractivity contribution in [3.63, 3.8) is 0 Å². The van der Waals surface area contributed by atoms with Crippen molar-refractivity contribution in [1.82, 2.24) is 10.2 Å². The molecule has 2 rings (SSSR count). The minimum atomic E-state index is 0.543. The Morgan fingerprint density at radius 3 is 2.61 bits per heavy atom.